The van der Waals surface area contributed by atoms with E-state index in [4.69, 9.17) is 4.42 Å². The summed E-state index contributed by atoms with van der Waals surface area (Å²) in [6.45, 7) is 2.84. The van der Waals surface area contributed by atoms with Crippen molar-refractivity contribution in [2.24, 2.45) is 5.92 Å². The highest BCUT2D eigenvalue weighted by molar-refractivity contribution is 7.98. The highest BCUT2D eigenvalue weighted by Crippen LogP contribution is 2.35. The van der Waals surface area contributed by atoms with Gasteiger partial charge < -0.3 is 14.2 Å². The number of nitrogens with zero attached hydrogens (tertiary/aromatic N) is 3. The Kier molecular flexibility index (Phi) is 4.88. The van der Waals surface area contributed by atoms with Crippen LogP contribution >= 0.6 is 11.8 Å². The number of fused-ring (bicyclic) bond motifs is 2. The van der Waals surface area contributed by atoms with E-state index in [1.807, 2.05) is 30.1 Å². The van der Waals surface area contributed by atoms with Gasteiger partial charge in [0.2, 0.25) is 5.91 Å². The van der Waals surface area contributed by atoms with Crippen molar-refractivity contribution in [2.75, 3.05) is 36.5 Å². The number of hydrogen-bond acceptors (Lipinski definition) is 5. The zero-order valence-corrected chi connectivity index (χ0v) is 15.5. The van der Waals surface area contributed by atoms with Crippen molar-refractivity contribution < 1.29 is 9.21 Å². The molecular weight excluding hydrogens is 334 g/mol. The SMILES string of the molecule is CSCCCN1C(=O)CC[C@H]2CN(c3nccc4occc34)CC[C@H]21. The summed E-state index contributed by atoms with van der Waals surface area (Å²) < 4.78 is 5.52. The van der Waals surface area contributed by atoms with Gasteiger partial charge in [-0.3, -0.25) is 4.79 Å². The molecule has 0 radical (unpaired) electrons. The van der Waals surface area contributed by atoms with Crippen LogP contribution in [0.3, 0.4) is 0 Å². The summed E-state index contributed by atoms with van der Waals surface area (Å²) in [6, 6.07) is 4.32. The van der Waals surface area contributed by atoms with Gasteiger partial charge in [-0.05, 0) is 49.3 Å². The van der Waals surface area contributed by atoms with Crippen LogP contribution in [0.15, 0.2) is 29.0 Å². The minimum atomic E-state index is 0.353. The largest absolute Gasteiger partial charge is 0.464 e. The maximum absolute atomic E-state index is 12.4. The average molecular weight is 359 g/mol. The lowest BCUT2D eigenvalue weighted by Gasteiger charge is -2.47. The van der Waals surface area contributed by atoms with Gasteiger partial charge in [0, 0.05) is 38.3 Å². The molecule has 6 heteroatoms. The van der Waals surface area contributed by atoms with Gasteiger partial charge >= 0.3 is 0 Å². The molecule has 2 aliphatic heterocycles. The molecule has 4 rings (SSSR count). The number of aromatic nitrogens is 1. The number of piperidine rings is 2. The monoisotopic (exact) mass is 359 g/mol. The van der Waals surface area contributed by atoms with E-state index >= 15 is 0 Å². The predicted octanol–water partition coefficient (Wildman–Crippen LogP) is 3.40. The van der Waals surface area contributed by atoms with Gasteiger partial charge in [0.15, 0.2) is 0 Å². The summed E-state index contributed by atoms with van der Waals surface area (Å²) in [5, 5.41) is 1.09. The molecule has 134 valence electrons. The zero-order chi connectivity index (χ0) is 17.2. The van der Waals surface area contributed by atoms with E-state index in [1.165, 1.54) is 0 Å². The number of thioether (sulfide) groups is 1. The lowest BCUT2D eigenvalue weighted by atomic mass is 9.83. The number of furan rings is 1. The minimum absolute atomic E-state index is 0.353. The fraction of sp³-hybridized carbons (Fsp3) is 0.579. The summed E-state index contributed by atoms with van der Waals surface area (Å²) in [6.07, 6.45) is 9.50. The van der Waals surface area contributed by atoms with Crippen LogP contribution in [0, 0.1) is 5.92 Å². The second-order valence-electron chi connectivity index (χ2n) is 7.00. The number of carbonyl (C=O) groups excluding carboxylic acids is 1. The molecule has 2 aliphatic rings. The molecule has 1 amide bonds. The van der Waals surface area contributed by atoms with Crippen molar-refractivity contribution in [3.63, 3.8) is 0 Å². The molecule has 0 N–H and O–H groups in total. The van der Waals surface area contributed by atoms with Crippen LogP contribution in [0.5, 0.6) is 0 Å². The van der Waals surface area contributed by atoms with Crippen molar-refractivity contribution in [2.45, 2.75) is 31.7 Å². The Hall–Kier alpha value is -1.69. The third kappa shape index (κ3) is 3.24. The van der Waals surface area contributed by atoms with Gasteiger partial charge in [-0.1, -0.05) is 0 Å². The molecule has 0 bridgehead atoms. The number of amides is 1. The lowest BCUT2D eigenvalue weighted by molar-refractivity contribution is -0.139. The Labute approximate surface area is 152 Å². The van der Waals surface area contributed by atoms with Crippen LogP contribution in [0.2, 0.25) is 0 Å². The lowest BCUT2D eigenvalue weighted by Crippen LogP contribution is -2.56. The molecule has 2 atom stereocenters. The normalized spacial score (nSPS) is 24.0. The van der Waals surface area contributed by atoms with Crippen molar-refractivity contribution in [1.29, 1.82) is 0 Å². The number of anilines is 1. The summed E-state index contributed by atoms with van der Waals surface area (Å²) in [5.41, 5.74) is 0.893. The maximum atomic E-state index is 12.4. The predicted molar refractivity (Wildman–Crippen MR) is 102 cm³/mol. The smallest absolute Gasteiger partial charge is 0.222 e. The molecule has 4 heterocycles. The van der Waals surface area contributed by atoms with Gasteiger partial charge in [-0.2, -0.15) is 11.8 Å². The van der Waals surface area contributed by atoms with Crippen LogP contribution in [0.25, 0.3) is 11.0 Å². The Morgan fingerprint density at radius 3 is 3.16 bits per heavy atom. The van der Waals surface area contributed by atoms with Gasteiger partial charge in [0.1, 0.15) is 11.4 Å². The molecule has 2 saturated heterocycles. The summed E-state index contributed by atoms with van der Waals surface area (Å²) in [7, 11) is 0. The molecule has 5 nitrogen and oxygen atoms in total. The summed E-state index contributed by atoms with van der Waals surface area (Å²) >= 11 is 1.86. The Morgan fingerprint density at radius 1 is 1.36 bits per heavy atom. The molecule has 0 aromatic carbocycles. The first-order valence-electron chi connectivity index (χ1n) is 9.13. The first-order chi connectivity index (χ1) is 12.3. The van der Waals surface area contributed by atoms with Crippen LogP contribution in [-0.4, -0.2) is 53.5 Å². The van der Waals surface area contributed by atoms with Crippen LogP contribution in [0.1, 0.15) is 25.7 Å². The number of likely N-dealkylation sites (tertiary alicyclic amines) is 1. The molecule has 25 heavy (non-hydrogen) atoms. The average Bonchev–Trinajstić information content (AvgIpc) is 3.12. The van der Waals surface area contributed by atoms with E-state index in [2.05, 4.69) is 21.0 Å². The number of hydrogen-bond donors (Lipinski definition) is 0. The second-order valence-corrected chi connectivity index (χ2v) is 7.99. The fourth-order valence-electron chi connectivity index (χ4n) is 4.35. The van der Waals surface area contributed by atoms with E-state index in [1.54, 1.807) is 6.26 Å². The zero-order valence-electron chi connectivity index (χ0n) is 14.7. The first-order valence-corrected chi connectivity index (χ1v) is 10.5. The Balaban J connectivity index is 1.50. The van der Waals surface area contributed by atoms with Gasteiger partial charge in [-0.15, -0.1) is 0 Å². The van der Waals surface area contributed by atoms with E-state index < -0.39 is 0 Å². The summed E-state index contributed by atoms with van der Waals surface area (Å²) in [4.78, 5) is 21.6. The third-order valence-corrected chi connectivity index (χ3v) is 6.25. The quantitative estimate of drug-likeness (QED) is 0.766. The minimum Gasteiger partial charge on any atom is -0.464 e. The van der Waals surface area contributed by atoms with Crippen LogP contribution in [-0.2, 0) is 4.79 Å². The Morgan fingerprint density at radius 2 is 2.28 bits per heavy atom. The van der Waals surface area contributed by atoms with Gasteiger partial charge in [-0.25, -0.2) is 4.98 Å². The molecular formula is C19H25N3O2S. The Bertz CT molecular complexity index is 747. The molecule has 0 unspecified atom stereocenters. The standard InChI is InChI=1S/C19H25N3O2S/c1-25-12-2-9-22-16-6-10-21(13-14(16)3-4-18(22)23)19-15-7-11-24-17(15)5-8-20-19/h5,7-8,11,14,16H,2-4,6,9-10,12-13H2,1H3/t14-,16+/m0/s1. The van der Waals surface area contributed by atoms with Crippen molar-refractivity contribution in [3.05, 3.63) is 24.6 Å². The fourth-order valence-corrected chi connectivity index (χ4v) is 4.76. The maximum Gasteiger partial charge on any atom is 0.222 e. The number of carbonyl (C=O) groups is 1. The summed E-state index contributed by atoms with van der Waals surface area (Å²) in [5.74, 6) is 3.05. The second kappa shape index (κ2) is 7.28. The van der Waals surface area contributed by atoms with Crippen LogP contribution in [0.4, 0.5) is 5.82 Å². The molecule has 0 saturated carbocycles. The van der Waals surface area contributed by atoms with E-state index in [9.17, 15) is 4.79 Å². The molecule has 2 aromatic heterocycles. The van der Waals surface area contributed by atoms with Gasteiger partial charge in [0.05, 0.1) is 11.6 Å². The molecule has 0 spiro atoms. The first kappa shape index (κ1) is 16.8. The third-order valence-electron chi connectivity index (χ3n) is 5.55. The number of rotatable bonds is 5. The van der Waals surface area contributed by atoms with E-state index in [-0.39, 0.29) is 0 Å². The van der Waals surface area contributed by atoms with Crippen LogP contribution < -0.4 is 4.90 Å². The van der Waals surface area contributed by atoms with E-state index in [0.29, 0.717) is 24.3 Å². The van der Waals surface area contributed by atoms with Gasteiger partial charge in [0.25, 0.3) is 0 Å². The number of pyridine rings is 1. The topological polar surface area (TPSA) is 49.6 Å². The van der Waals surface area contributed by atoms with Crippen molar-refractivity contribution >= 4 is 34.5 Å². The highest BCUT2D eigenvalue weighted by atomic mass is 32.2. The van der Waals surface area contributed by atoms with Crippen molar-refractivity contribution in [3.8, 4) is 0 Å². The van der Waals surface area contributed by atoms with E-state index in [0.717, 1.165) is 61.4 Å². The molecule has 0 aliphatic carbocycles. The molecule has 2 fully saturated rings. The van der Waals surface area contributed by atoms with Crippen molar-refractivity contribution in [1.82, 2.24) is 9.88 Å². The highest BCUT2D eigenvalue weighted by Gasteiger charge is 2.39. The molecule has 2 aromatic rings.